The first kappa shape index (κ1) is 12.6. The maximum atomic E-state index is 11.8. The number of carbonyl (C=O) groups excluding carboxylic acids is 1. The number of hydrogen-bond donors (Lipinski definition) is 2. The minimum Gasteiger partial charge on any atom is -0.481 e. The molecule has 0 atom stereocenters. The number of aliphatic carboxylic acids is 1. The molecule has 14 heavy (non-hydrogen) atoms. The monoisotopic (exact) mass is 210 g/mol. The van der Waals surface area contributed by atoms with Crippen molar-refractivity contribution in [3.8, 4) is 0 Å². The Kier molecular flexibility index (Phi) is 5.50. The Labute approximate surface area is 79.7 Å². The Balaban J connectivity index is 3.67. The lowest BCUT2D eigenvalue weighted by Gasteiger charge is -2.16. The molecule has 0 aliphatic heterocycles. The van der Waals surface area contributed by atoms with Crippen LogP contribution < -0.4 is 5.32 Å². The maximum absolute atomic E-state index is 11.8. The quantitative estimate of drug-likeness (QED) is 0.688. The summed E-state index contributed by atoms with van der Waals surface area (Å²) in [5.41, 5.74) is 0. The zero-order chi connectivity index (χ0) is 11.1. The molecule has 0 radical (unpaired) electrons. The lowest BCUT2D eigenvalue weighted by atomic mass is 10.4. The van der Waals surface area contributed by atoms with E-state index in [4.69, 9.17) is 5.11 Å². The second kappa shape index (κ2) is 6.11. The molecule has 0 heterocycles. The summed E-state index contributed by atoms with van der Waals surface area (Å²) in [6, 6.07) is -0.702. The third kappa shape index (κ3) is 6.15. The summed E-state index contributed by atoms with van der Waals surface area (Å²) in [5.74, 6) is -1.05. The molecular formula is C7H12F2N2O3. The van der Waals surface area contributed by atoms with Gasteiger partial charge >= 0.3 is 12.0 Å². The normalized spacial score (nSPS) is 10.0. The number of amides is 2. The second-order valence-electron chi connectivity index (χ2n) is 2.65. The predicted octanol–water partition coefficient (Wildman–Crippen LogP) is 0.368. The van der Waals surface area contributed by atoms with Gasteiger partial charge in [-0.25, -0.2) is 13.6 Å². The standard InChI is InChI=1S/C7H12F2N2O3/c1-11(4-5(8)9)7(14)10-3-2-6(12)13/h5H,2-4H2,1H3,(H,10,14)(H,12,13). The summed E-state index contributed by atoms with van der Waals surface area (Å²) >= 11 is 0. The van der Waals surface area contributed by atoms with E-state index in [0.29, 0.717) is 0 Å². The molecule has 2 N–H and O–H groups in total. The van der Waals surface area contributed by atoms with Crippen LogP contribution in [0.15, 0.2) is 0 Å². The molecule has 0 rings (SSSR count). The summed E-state index contributed by atoms with van der Waals surface area (Å²) in [5, 5.41) is 10.4. The van der Waals surface area contributed by atoms with Gasteiger partial charge in [0, 0.05) is 13.6 Å². The summed E-state index contributed by atoms with van der Waals surface area (Å²) in [4.78, 5) is 21.8. The zero-order valence-corrected chi connectivity index (χ0v) is 7.67. The fourth-order valence-corrected chi connectivity index (χ4v) is 0.701. The van der Waals surface area contributed by atoms with Crippen molar-refractivity contribution in [2.24, 2.45) is 0 Å². The minimum atomic E-state index is -2.59. The van der Waals surface area contributed by atoms with Gasteiger partial charge in [-0.2, -0.15) is 0 Å². The third-order valence-corrected chi connectivity index (χ3v) is 1.37. The van der Waals surface area contributed by atoms with E-state index in [9.17, 15) is 18.4 Å². The molecule has 0 fully saturated rings. The molecule has 0 aliphatic carbocycles. The largest absolute Gasteiger partial charge is 0.481 e. The van der Waals surface area contributed by atoms with E-state index in [-0.39, 0.29) is 13.0 Å². The Morgan fingerprint density at radius 3 is 2.50 bits per heavy atom. The first-order valence-corrected chi connectivity index (χ1v) is 3.92. The molecule has 82 valence electrons. The van der Waals surface area contributed by atoms with E-state index in [1.165, 1.54) is 7.05 Å². The van der Waals surface area contributed by atoms with Gasteiger partial charge in [-0.3, -0.25) is 4.79 Å². The molecule has 0 saturated carbocycles. The fraction of sp³-hybridized carbons (Fsp3) is 0.714. The summed E-state index contributed by atoms with van der Waals surface area (Å²) < 4.78 is 23.6. The second-order valence-corrected chi connectivity index (χ2v) is 2.65. The van der Waals surface area contributed by atoms with Crippen LogP contribution in [0.2, 0.25) is 0 Å². The van der Waals surface area contributed by atoms with E-state index >= 15 is 0 Å². The fourth-order valence-electron chi connectivity index (χ4n) is 0.701. The molecule has 7 heteroatoms. The van der Waals surface area contributed by atoms with Gasteiger partial charge in [0.1, 0.15) is 0 Å². The van der Waals surface area contributed by atoms with Crippen LogP contribution in [0.1, 0.15) is 6.42 Å². The van der Waals surface area contributed by atoms with Crippen LogP contribution in [-0.4, -0.2) is 48.6 Å². The zero-order valence-electron chi connectivity index (χ0n) is 7.67. The summed E-state index contributed by atoms with van der Waals surface area (Å²) in [6.45, 7) is -0.735. The molecule has 0 aromatic rings. The minimum absolute atomic E-state index is 0.0677. The molecule has 0 bridgehead atoms. The number of hydrogen-bond acceptors (Lipinski definition) is 2. The highest BCUT2D eigenvalue weighted by atomic mass is 19.3. The number of nitrogens with one attached hydrogen (secondary N) is 1. The van der Waals surface area contributed by atoms with Gasteiger partial charge in [0.05, 0.1) is 13.0 Å². The van der Waals surface area contributed by atoms with Gasteiger partial charge in [-0.05, 0) is 0 Å². The van der Waals surface area contributed by atoms with Crippen LogP contribution in [0.5, 0.6) is 0 Å². The smallest absolute Gasteiger partial charge is 0.317 e. The number of carbonyl (C=O) groups is 2. The number of rotatable bonds is 5. The van der Waals surface area contributed by atoms with Crippen LogP contribution >= 0.6 is 0 Å². The van der Waals surface area contributed by atoms with Gasteiger partial charge in [0.25, 0.3) is 6.43 Å². The Morgan fingerprint density at radius 1 is 1.50 bits per heavy atom. The van der Waals surface area contributed by atoms with Crippen molar-refractivity contribution in [3.05, 3.63) is 0 Å². The molecule has 0 saturated heterocycles. The van der Waals surface area contributed by atoms with E-state index < -0.39 is 25.0 Å². The Hall–Kier alpha value is -1.40. The van der Waals surface area contributed by atoms with Gasteiger partial charge in [0.15, 0.2) is 0 Å². The number of halogens is 2. The van der Waals surface area contributed by atoms with Crippen molar-refractivity contribution in [1.82, 2.24) is 10.2 Å². The molecule has 0 aliphatic rings. The SMILES string of the molecule is CN(CC(F)F)C(=O)NCCC(=O)O. The van der Waals surface area contributed by atoms with Gasteiger partial charge in [-0.15, -0.1) is 0 Å². The predicted molar refractivity (Wildman–Crippen MR) is 44.3 cm³/mol. The third-order valence-electron chi connectivity index (χ3n) is 1.37. The highest BCUT2D eigenvalue weighted by molar-refractivity contribution is 5.74. The van der Waals surface area contributed by atoms with E-state index in [0.717, 1.165) is 4.90 Å². The van der Waals surface area contributed by atoms with Crippen molar-refractivity contribution in [3.63, 3.8) is 0 Å². The summed E-state index contributed by atoms with van der Waals surface area (Å²) in [7, 11) is 1.21. The van der Waals surface area contributed by atoms with Crippen molar-refractivity contribution in [2.75, 3.05) is 20.1 Å². The van der Waals surface area contributed by atoms with Gasteiger partial charge in [-0.1, -0.05) is 0 Å². The van der Waals surface area contributed by atoms with Crippen LogP contribution in [0, 0.1) is 0 Å². The average Bonchev–Trinajstić information content (AvgIpc) is 2.01. The molecule has 2 amide bonds. The lowest BCUT2D eigenvalue weighted by molar-refractivity contribution is -0.136. The van der Waals surface area contributed by atoms with Gasteiger partial charge in [0.2, 0.25) is 0 Å². The highest BCUT2D eigenvalue weighted by Crippen LogP contribution is 1.95. The van der Waals surface area contributed by atoms with Crippen LogP contribution in [0.3, 0.4) is 0 Å². The van der Waals surface area contributed by atoms with Crippen molar-refractivity contribution >= 4 is 12.0 Å². The molecule has 0 aromatic carbocycles. The van der Waals surface area contributed by atoms with Crippen molar-refractivity contribution < 1.29 is 23.5 Å². The number of nitrogens with zero attached hydrogens (tertiary/aromatic N) is 1. The number of alkyl halides is 2. The molecule has 0 spiro atoms. The van der Waals surface area contributed by atoms with Crippen molar-refractivity contribution in [2.45, 2.75) is 12.8 Å². The topological polar surface area (TPSA) is 69.6 Å². The lowest BCUT2D eigenvalue weighted by Crippen LogP contribution is -2.40. The molecule has 0 unspecified atom stereocenters. The highest BCUT2D eigenvalue weighted by Gasteiger charge is 2.13. The number of carboxylic acid groups (broad SMARTS) is 1. The molecule has 0 aromatic heterocycles. The maximum Gasteiger partial charge on any atom is 0.317 e. The Bertz CT molecular complexity index is 211. The average molecular weight is 210 g/mol. The van der Waals surface area contributed by atoms with Crippen LogP contribution in [0.25, 0.3) is 0 Å². The molecular weight excluding hydrogens is 198 g/mol. The van der Waals surface area contributed by atoms with Crippen molar-refractivity contribution in [1.29, 1.82) is 0 Å². The van der Waals surface area contributed by atoms with E-state index in [1.54, 1.807) is 0 Å². The number of urea groups is 1. The van der Waals surface area contributed by atoms with Crippen LogP contribution in [0.4, 0.5) is 13.6 Å². The first-order valence-electron chi connectivity index (χ1n) is 3.92. The van der Waals surface area contributed by atoms with Crippen LogP contribution in [-0.2, 0) is 4.79 Å². The van der Waals surface area contributed by atoms with Gasteiger partial charge < -0.3 is 15.3 Å². The van der Waals surface area contributed by atoms with E-state index in [1.807, 2.05) is 0 Å². The summed E-state index contributed by atoms with van der Waals surface area (Å²) in [6.07, 6.45) is -2.82. The first-order chi connectivity index (χ1) is 6.43. The van der Waals surface area contributed by atoms with E-state index in [2.05, 4.69) is 5.32 Å². The Morgan fingerprint density at radius 2 is 2.07 bits per heavy atom. The molecule has 5 nitrogen and oxygen atoms in total. The number of carboxylic acids is 1.